The van der Waals surface area contributed by atoms with E-state index in [9.17, 15) is 4.79 Å². The van der Waals surface area contributed by atoms with Crippen LogP contribution >= 0.6 is 12.2 Å². The Kier molecular flexibility index (Phi) is 2.22. The molecule has 0 unspecified atom stereocenters. The van der Waals surface area contributed by atoms with E-state index in [-0.39, 0.29) is 12.2 Å². The number of aromatic nitrogens is 3. The number of fused-ring (bicyclic) bond motifs is 1. The second kappa shape index (κ2) is 3.39. The van der Waals surface area contributed by atoms with Gasteiger partial charge in [-0.2, -0.15) is 0 Å². The molecule has 0 fully saturated rings. The second-order valence-electron chi connectivity index (χ2n) is 2.95. The molecule has 14 heavy (non-hydrogen) atoms. The predicted molar refractivity (Wildman–Crippen MR) is 54.9 cm³/mol. The Morgan fingerprint density at radius 3 is 2.93 bits per heavy atom. The number of H-pyrrole nitrogens is 3. The molecular weight excluding hydrogens is 202 g/mol. The van der Waals surface area contributed by atoms with Gasteiger partial charge in [-0.1, -0.05) is 0 Å². The molecule has 0 aliphatic heterocycles. The summed E-state index contributed by atoms with van der Waals surface area (Å²) >= 11 is 4.82. The predicted octanol–water partition coefficient (Wildman–Crippen LogP) is 0.449. The highest BCUT2D eigenvalue weighted by atomic mass is 32.1. The average Bonchev–Trinajstić information content (AvgIpc) is 2.49. The van der Waals surface area contributed by atoms with E-state index in [0.29, 0.717) is 22.2 Å². The van der Waals surface area contributed by atoms with E-state index in [1.165, 1.54) is 0 Å². The lowest BCUT2D eigenvalue weighted by molar-refractivity contribution is 0.300. The van der Waals surface area contributed by atoms with Gasteiger partial charge < -0.3 is 15.1 Å². The number of aromatic amines is 3. The third-order valence-corrected chi connectivity index (χ3v) is 2.24. The first-order chi connectivity index (χ1) is 6.72. The topological polar surface area (TPSA) is 84.7 Å². The second-order valence-corrected chi connectivity index (χ2v) is 3.35. The third-order valence-electron chi connectivity index (χ3n) is 2.04. The molecule has 5 nitrogen and oxygen atoms in total. The Labute approximate surface area is 83.8 Å². The lowest BCUT2D eigenvalue weighted by atomic mass is 10.2. The summed E-state index contributed by atoms with van der Waals surface area (Å²) in [4.78, 5) is 19.7. The van der Waals surface area contributed by atoms with Gasteiger partial charge in [0.25, 0.3) is 5.56 Å². The SMILES string of the molecule is O=c1[nH]c(=S)[nH]c2[nH]cc(CCO)c12. The molecule has 0 bridgehead atoms. The van der Waals surface area contributed by atoms with Crippen LogP contribution in [0, 0.1) is 4.77 Å². The van der Waals surface area contributed by atoms with Crippen LogP contribution in [0.15, 0.2) is 11.0 Å². The van der Waals surface area contributed by atoms with E-state index in [0.717, 1.165) is 5.56 Å². The number of nitrogens with one attached hydrogen (secondary N) is 3. The molecule has 6 heteroatoms. The zero-order chi connectivity index (χ0) is 10.1. The fourth-order valence-corrected chi connectivity index (χ4v) is 1.64. The molecule has 0 spiro atoms. The molecule has 2 aromatic rings. The van der Waals surface area contributed by atoms with E-state index >= 15 is 0 Å². The molecule has 2 rings (SSSR count). The normalized spacial score (nSPS) is 10.9. The van der Waals surface area contributed by atoms with Crippen LogP contribution in [0.4, 0.5) is 0 Å². The van der Waals surface area contributed by atoms with Crippen molar-refractivity contribution in [2.75, 3.05) is 6.61 Å². The summed E-state index contributed by atoms with van der Waals surface area (Å²) in [5.74, 6) is 0. The highest BCUT2D eigenvalue weighted by Gasteiger charge is 2.06. The summed E-state index contributed by atoms with van der Waals surface area (Å²) in [5, 5.41) is 9.32. The van der Waals surface area contributed by atoms with Gasteiger partial charge in [-0.3, -0.25) is 9.78 Å². The van der Waals surface area contributed by atoms with Crippen molar-refractivity contribution >= 4 is 23.3 Å². The van der Waals surface area contributed by atoms with Crippen LogP contribution in [-0.4, -0.2) is 26.7 Å². The van der Waals surface area contributed by atoms with Crippen molar-refractivity contribution in [1.82, 2.24) is 15.0 Å². The smallest absolute Gasteiger partial charge is 0.261 e. The van der Waals surface area contributed by atoms with Crippen molar-refractivity contribution in [3.8, 4) is 0 Å². The fraction of sp³-hybridized carbons (Fsp3) is 0.250. The molecule has 0 radical (unpaired) electrons. The van der Waals surface area contributed by atoms with Crippen molar-refractivity contribution < 1.29 is 5.11 Å². The highest BCUT2D eigenvalue weighted by molar-refractivity contribution is 7.71. The Morgan fingerprint density at radius 2 is 2.21 bits per heavy atom. The van der Waals surface area contributed by atoms with Crippen molar-refractivity contribution in [3.63, 3.8) is 0 Å². The quantitative estimate of drug-likeness (QED) is 0.544. The number of rotatable bonds is 2. The number of aliphatic hydroxyl groups is 1. The van der Waals surface area contributed by atoms with Crippen molar-refractivity contribution in [3.05, 3.63) is 26.9 Å². The zero-order valence-electron chi connectivity index (χ0n) is 7.26. The minimum atomic E-state index is -0.228. The van der Waals surface area contributed by atoms with Crippen LogP contribution in [0.25, 0.3) is 11.0 Å². The Bertz CT molecular complexity index is 566. The minimum absolute atomic E-state index is 0.0159. The maximum absolute atomic E-state index is 11.5. The van der Waals surface area contributed by atoms with E-state index in [2.05, 4.69) is 15.0 Å². The molecule has 0 aliphatic rings. The van der Waals surface area contributed by atoms with Crippen LogP contribution in [-0.2, 0) is 6.42 Å². The molecule has 0 atom stereocenters. The Morgan fingerprint density at radius 1 is 1.43 bits per heavy atom. The van der Waals surface area contributed by atoms with Gasteiger partial charge in [0.2, 0.25) is 0 Å². The maximum Gasteiger partial charge on any atom is 0.261 e. The number of aliphatic hydroxyl groups excluding tert-OH is 1. The molecule has 74 valence electrons. The molecule has 0 saturated carbocycles. The first-order valence-electron chi connectivity index (χ1n) is 4.16. The van der Waals surface area contributed by atoms with Gasteiger partial charge in [-0.15, -0.1) is 0 Å². The molecule has 0 saturated heterocycles. The average molecular weight is 211 g/mol. The van der Waals surface area contributed by atoms with Gasteiger partial charge in [0.15, 0.2) is 4.77 Å². The van der Waals surface area contributed by atoms with Crippen LogP contribution in [0.3, 0.4) is 0 Å². The van der Waals surface area contributed by atoms with Crippen LogP contribution < -0.4 is 5.56 Å². The van der Waals surface area contributed by atoms with E-state index in [1.54, 1.807) is 6.20 Å². The monoisotopic (exact) mass is 211 g/mol. The van der Waals surface area contributed by atoms with E-state index in [1.807, 2.05) is 0 Å². The minimum Gasteiger partial charge on any atom is -0.396 e. The maximum atomic E-state index is 11.5. The lowest BCUT2D eigenvalue weighted by Crippen LogP contribution is -2.08. The van der Waals surface area contributed by atoms with Gasteiger partial charge in [0, 0.05) is 12.8 Å². The largest absolute Gasteiger partial charge is 0.396 e. The Balaban J connectivity index is 2.79. The van der Waals surface area contributed by atoms with Crippen molar-refractivity contribution in [2.45, 2.75) is 6.42 Å². The third kappa shape index (κ3) is 1.38. The van der Waals surface area contributed by atoms with Crippen molar-refractivity contribution in [2.24, 2.45) is 0 Å². The molecule has 0 aromatic carbocycles. The summed E-state index contributed by atoms with van der Waals surface area (Å²) in [5.41, 5.74) is 1.16. The molecule has 0 aliphatic carbocycles. The summed E-state index contributed by atoms with van der Waals surface area (Å²) in [6, 6.07) is 0. The molecule has 0 amide bonds. The lowest BCUT2D eigenvalue weighted by Gasteiger charge is -1.93. The summed E-state index contributed by atoms with van der Waals surface area (Å²) in [7, 11) is 0. The summed E-state index contributed by atoms with van der Waals surface area (Å²) in [6.07, 6.45) is 2.15. The Hall–Kier alpha value is -1.40. The van der Waals surface area contributed by atoms with Crippen molar-refractivity contribution in [1.29, 1.82) is 0 Å². The molecule has 4 N–H and O–H groups in total. The van der Waals surface area contributed by atoms with Crippen LogP contribution in [0.1, 0.15) is 5.56 Å². The highest BCUT2D eigenvalue weighted by Crippen LogP contribution is 2.11. The van der Waals surface area contributed by atoms with Gasteiger partial charge in [0.1, 0.15) is 5.65 Å². The van der Waals surface area contributed by atoms with Crippen LogP contribution in [0.5, 0.6) is 0 Å². The number of hydrogen-bond acceptors (Lipinski definition) is 3. The first kappa shape index (κ1) is 9.17. The summed E-state index contributed by atoms with van der Waals surface area (Å²) < 4.78 is 0.292. The van der Waals surface area contributed by atoms with Gasteiger partial charge in [0.05, 0.1) is 5.39 Å². The van der Waals surface area contributed by atoms with Gasteiger partial charge >= 0.3 is 0 Å². The summed E-state index contributed by atoms with van der Waals surface area (Å²) in [6.45, 7) is 0.0159. The number of hydrogen-bond donors (Lipinski definition) is 4. The zero-order valence-corrected chi connectivity index (χ0v) is 8.07. The van der Waals surface area contributed by atoms with E-state index in [4.69, 9.17) is 17.3 Å². The molecular formula is C8H9N3O2S. The van der Waals surface area contributed by atoms with Crippen LogP contribution in [0.2, 0.25) is 0 Å². The standard InChI is InChI=1S/C8H9N3O2S/c12-2-1-4-3-9-6-5(4)7(13)11-8(14)10-6/h3,12H,1-2H2,(H3,9,10,11,13,14). The van der Waals surface area contributed by atoms with E-state index < -0.39 is 0 Å². The molecule has 2 aromatic heterocycles. The van der Waals surface area contributed by atoms with Gasteiger partial charge in [-0.25, -0.2) is 0 Å². The van der Waals surface area contributed by atoms with Gasteiger partial charge in [-0.05, 0) is 24.2 Å². The molecule has 2 heterocycles. The first-order valence-corrected chi connectivity index (χ1v) is 4.56. The fourth-order valence-electron chi connectivity index (χ4n) is 1.45.